The van der Waals surface area contributed by atoms with E-state index in [2.05, 4.69) is 10.3 Å². The zero-order chi connectivity index (χ0) is 11.1. The summed E-state index contributed by atoms with van der Waals surface area (Å²) in [6.07, 6.45) is 2.61. The second kappa shape index (κ2) is 6.14. The Morgan fingerprint density at radius 2 is 2.40 bits per heavy atom. The van der Waals surface area contributed by atoms with Gasteiger partial charge < -0.3 is 10.1 Å². The van der Waals surface area contributed by atoms with Gasteiger partial charge in [-0.1, -0.05) is 6.92 Å². The van der Waals surface area contributed by atoms with E-state index in [1.165, 1.54) is 0 Å². The third-order valence-electron chi connectivity index (χ3n) is 1.86. The quantitative estimate of drug-likeness (QED) is 0.750. The average molecular weight is 208 g/mol. The molecule has 0 aliphatic rings. The van der Waals surface area contributed by atoms with Gasteiger partial charge in [-0.25, -0.2) is 0 Å². The van der Waals surface area contributed by atoms with Gasteiger partial charge in [0.15, 0.2) is 0 Å². The van der Waals surface area contributed by atoms with E-state index >= 15 is 0 Å². The van der Waals surface area contributed by atoms with Crippen LogP contribution in [0.15, 0.2) is 18.3 Å². The van der Waals surface area contributed by atoms with Crippen molar-refractivity contribution in [1.29, 1.82) is 0 Å². The van der Waals surface area contributed by atoms with E-state index in [0.29, 0.717) is 6.61 Å². The SMILES string of the molecule is CCCOCC(=O)Nc1cccnc1C. The lowest BCUT2D eigenvalue weighted by Gasteiger charge is -2.07. The van der Waals surface area contributed by atoms with E-state index in [1.807, 2.05) is 19.9 Å². The van der Waals surface area contributed by atoms with Crippen LogP contribution >= 0.6 is 0 Å². The number of rotatable bonds is 5. The molecule has 0 aliphatic carbocycles. The van der Waals surface area contributed by atoms with Crippen molar-refractivity contribution in [2.24, 2.45) is 0 Å². The summed E-state index contributed by atoms with van der Waals surface area (Å²) in [6, 6.07) is 3.61. The van der Waals surface area contributed by atoms with E-state index in [9.17, 15) is 4.79 Å². The Bertz CT molecular complexity index is 326. The molecule has 0 aromatic carbocycles. The van der Waals surface area contributed by atoms with Gasteiger partial charge in [-0.2, -0.15) is 0 Å². The van der Waals surface area contributed by atoms with Crippen molar-refractivity contribution in [3.63, 3.8) is 0 Å². The number of amides is 1. The Balaban J connectivity index is 2.41. The number of pyridine rings is 1. The number of aromatic nitrogens is 1. The Hall–Kier alpha value is -1.42. The highest BCUT2D eigenvalue weighted by Crippen LogP contribution is 2.09. The Morgan fingerprint density at radius 3 is 3.07 bits per heavy atom. The molecule has 1 aromatic rings. The van der Waals surface area contributed by atoms with Crippen LogP contribution in [0.4, 0.5) is 5.69 Å². The lowest BCUT2D eigenvalue weighted by molar-refractivity contribution is -0.120. The highest BCUT2D eigenvalue weighted by atomic mass is 16.5. The second-order valence-electron chi connectivity index (χ2n) is 3.24. The highest BCUT2D eigenvalue weighted by Gasteiger charge is 2.04. The van der Waals surface area contributed by atoms with Crippen molar-refractivity contribution in [2.75, 3.05) is 18.5 Å². The van der Waals surface area contributed by atoms with Crippen LogP contribution in [-0.2, 0) is 9.53 Å². The molecule has 1 heterocycles. The molecule has 0 radical (unpaired) electrons. The van der Waals surface area contributed by atoms with Crippen molar-refractivity contribution in [3.8, 4) is 0 Å². The molecule has 4 nitrogen and oxygen atoms in total. The molecule has 0 saturated carbocycles. The molecular weight excluding hydrogens is 192 g/mol. The molecule has 82 valence electrons. The van der Waals surface area contributed by atoms with Crippen LogP contribution in [0, 0.1) is 6.92 Å². The Labute approximate surface area is 89.7 Å². The van der Waals surface area contributed by atoms with Gasteiger partial charge in [0.25, 0.3) is 0 Å². The van der Waals surface area contributed by atoms with Crippen molar-refractivity contribution >= 4 is 11.6 Å². The normalized spacial score (nSPS) is 10.0. The fraction of sp³-hybridized carbons (Fsp3) is 0.455. The first-order chi connectivity index (χ1) is 7.24. The summed E-state index contributed by atoms with van der Waals surface area (Å²) < 4.78 is 5.12. The topological polar surface area (TPSA) is 51.2 Å². The van der Waals surface area contributed by atoms with Crippen LogP contribution < -0.4 is 5.32 Å². The van der Waals surface area contributed by atoms with E-state index in [1.54, 1.807) is 12.3 Å². The number of nitrogens with one attached hydrogen (secondary N) is 1. The molecule has 1 rings (SSSR count). The van der Waals surface area contributed by atoms with Crippen molar-refractivity contribution in [1.82, 2.24) is 4.98 Å². The minimum atomic E-state index is -0.139. The molecule has 0 spiro atoms. The number of hydrogen-bond acceptors (Lipinski definition) is 3. The molecule has 1 aromatic heterocycles. The molecule has 0 bridgehead atoms. The molecule has 0 atom stereocenters. The van der Waals surface area contributed by atoms with E-state index in [-0.39, 0.29) is 12.5 Å². The number of nitrogens with zero attached hydrogens (tertiary/aromatic N) is 1. The van der Waals surface area contributed by atoms with E-state index in [0.717, 1.165) is 17.8 Å². The fourth-order valence-corrected chi connectivity index (χ4v) is 1.11. The lowest BCUT2D eigenvalue weighted by Crippen LogP contribution is -2.19. The number of anilines is 1. The Kier molecular flexibility index (Phi) is 4.77. The Morgan fingerprint density at radius 1 is 1.60 bits per heavy atom. The first-order valence-electron chi connectivity index (χ1n) is 5.03. The maximum absolute atomic E-state index is 11.4. The highest BCUT2D eigenvalue weighted by molar-refractivity contribution is 5.92. The molecule has 1 N–H and O–H groups in total. The predicted octanol–water partition coefficient (Wildman–Crippen LogP) is 1.76. The number of carbonyl (C=O) groups excluding carboxylic acids is 1. The standard InChI is InChI=1S/C11H16N2O2/c1-3-7-15-8-11(14)13-10-5-4-6-12-9(10)2/h4-6H,3,7-8H2,1-2H3,(H,13,14). The summed E-state index contributed by atoms with van der Waals surface area (Å²) in [5, 5.41) is 2.74. The zero-order valence-corrected chi connectivity index (χ0v) is 9.12. The van der Waals surface area contributed by atoms with Gasteiger partial charge in [0.05, 0.1) is 11.4 Å². The molecular formula is C11H16N2O2. The van der Waals surface area contributed by atoms with Gasteiger partial charge in [-0.3, -0.25) is 9.78 Å². The maximum Gasteiger partial charge on any atom is 0.250 e. The van der Waals surface area contributed by atoms with Crippen molar-refractivity contribution in [3.05, 3.63) is 24.0 Å². The minimum Gasteiger partial charge on any atom is -0.372 e. The minimum absolute atomic E-state index is 0.0994. The first kappa shape index (κ1) is 11.7. The fourth-order valence-electron chi connectivity index (χ4n) is 1.11. The second-order valence-corrected chi connectivity index (χ2v) is 3.24. The maximum atomic E-state index is 11.4. The van der Waals surface area contributed by atoms with Gasteiger partial charge in [-0.05, 0) is 25.5 Å². The van der Waals surface area contributed by atoms with Crippen LogP contribution in [0.2, 0.25) is 0 Å². The van der Waals surface area contributed by atoms with Crippen LogP contribution in [0.25, 0.3) is 0 Å². The monoisotopic (exact) mass is 208 g/mol. The number of hydrogen-bond donors (Lipinski definition) is 1. The summed E-state index contributed by atoms with van der Waals surface area (Å²) in [7, 11) is 0. The van der Waals surface area contributed by atoms with Crippen LogP contribution in [0.5, 0.6) is 0 Å². The molecule has 0 fully saturated rings. The van der Waals surface area contributed by atoms with Gasteiger partial charge >= 0.3 is 0 Å². The van der Waals surface area contributed by atoms with Crippen LogP contribution in [0.1, 0.15) is 19.0 Å². The molecule has 15 heavy (non-hydrogen) atoms. The molecule has 0 unspecified atom stereocenters. The summed E-state index contributed by atoms with van der Waals surface area (Å²) in [6.45, 7) is 4.56. The molecule has 1 amide bonds. The predicted molar refractivity (Wildman–Crippen MR) is 58.7 cm³/mol. The first-order valence-corrected chi connectivity index (χ1v) is 5.03. The van der Waals surface area contributed by atoms with E-state index < -0.39 is 0 Å². The molecule has 4 heteroatoms. The third kappa shape index (κ3) is 4.08. The number of aryl methyl sites for hydroxylation is 1. The number of ether oxygens (including phenoxy) is 1. The third-order valence-corrected chi connectivity index (χ3v) is 1.86. The van der Waals surface area contributed by atoms with Gasteiger partial charge in [0.2, 0.25) is 5.91 Å². The van der Waals surface area contributed by atoms with Gasteiger partial charge in [0, 0.05) is 12.8 Å². The van der Waals surface area contributed by atoms with Crippen molar-refractivity contribution < 1.29 is 9.53 Å². The lowest BCUT2D eigenvalue weighted by atomic mass is 10.3. The zero-order valence-electron chi connectivity index (χ0n) is 9.12. The van der Waals surface area contributed by atoms with Gasteiger partial charge in [0.1, 0.15) is 6.61 Å². The van der Waals surface area contributed by atoms with Crippen LogP contribution in [0.3, 0.4) is 0 Å². The summed E-state index contributed by atoms with van der Waals surface area (Å²) in [5.74, 6) is -0.139. The summed E-state index contributed by atoms with van der Waals surface area (Å²) in [5.41, 5.74) is 1.55. The largest absolute Gasteiger partial charge is 0.372 e. The smallest absolute Gasteiger partial charge is 0.250 e. The van der Waals surface area contributed by atoms with Crippen LogP contribution in [-0.4, -0.2) is 24.1 Å². The van der Waals surface area contributed by atoms with Gasteiger partial charge in [-0.15, -0.1) is 0 Å². The summed E-state index contributed by atoms with van der Waals surface area (Å²) in [4.78, 5) is 15.4. The summed E-state index contributed by atoms with van der Waals surface area (Å²) >= 11 is 0. The van der Waals surface area contributed by atoms with E-state index in [4.69, 9.17) is 4.74 Å². The molecule has 0 saturated heterocycles. The average Bonchev–Trinajstić information content (AvgIpc) is 2.22. The number of carbonyl (C=O) groups is 1. The molecule has 0 aliphatic heterocycles. The van der Waals surface area contributed by atoms with Crippen molar-refractivity contribution in [2.45, 2.75) is 20.3 Å².